The average molecular weight is 384 g/mol. The molecule has 0 aliphatic carbocycles. The second-order valence-electron chi connectivity index (χ2n) is 6.91. The lowest BCUT2D eigenvalue weighted by Crippen LogP contribution is -2.61. The van der Waals surface area contributed by atoms with Crippen LogP contribution in [-0.2, 0) is 14.2 Å². The first-order valence-corrected chi connectivity index (χ1v) is 8.69. The lowest BCUT2D eigenvalue weighted by atomic mass is 9.92. The van der Waals surface area contributed by atoms with Crippen molar-refractivity contribution >= 4 is 0 Å². The van der Waals surface area contributed by atoms with Crippen LogP contribution in [0.25, 0.3) is 0 Å². The molecule has 26 heavy (non-hydrogen) atoms. The summed E-state index contributed by atoms with van der Waals surface area (Å²) in [4.78, 5) is 0. The predicted octanol–water partition coefficient (Wildman–Crippen LogP) is -2.85. The number of aliphatic hydroxyl groups excluding tert-OH is 7. The van der Waals surface area contributed by atoms with Crippen LogP contribution in [0.1, 0.15) is 20.8 Å². The highest BCUT2D eigenvalue weighted by molar-refractivity contribution is 4.90. The third kappa shape index (κ3) is 5.80. The normalized spacial score (nSPS) is 34.5. The van der Waals surface area contributed by atoms with Gasteiger partial charge in [-0.3, -0.25) is 0 Å². The predicted molar refractivity (Wildman–Crippen MR) is 87.7 cm³/mol. The Kier molecular flexibility index (Phi) is 9.83. The molecule has 10 nitrogen and oxygen atoms in total. The second-order valence-corrected chi connectivity index (χ2v) is 6.91. The molecule has 1 saturated heterocycles. The molecular weight excluding hydrogens is 352 g/mol. The minimum absolute atomic E-state index is 0.120. The Hall–Kier alpha value is -0.400. The summed E-state index contributed by atoms with van der Waals surface area (Å²) in [6, 6.07) is 0. The van der Waals surface area contributed by atoms with Gasteiger partial charge in [-0.05, 0) is 11.8 Å². The van der Waals surface area contributed by atoms with Gasteiger partial charge in [0.1, 0.15) is 30.5 Å². The first-order chi connectivity index (χ1) is 12.2. The summed E-state index contributed by atoms with van der Waals surface area (Å²) in [5.41, 5.74) is 0. The molecule has 0 spiro atoms. The summed E-state index contributed by atoms with van der Waals surface area (Å²) in [6.07, 6.45) is -11.3. The number of aliphatic hydroxyl groups is 7. The molecule has 0 saturated carbocycles. The fraction of sp³-hybridized carbons (Fsp3) is 1.00. The Balaban J connectivity index is 2.94. The average Bonchev–Trinajstić information content (AvgIpc) is 2.63. The van der Waals surface area contributed by atoms with Gasteiger partial charge in [-0.1, -0.05) is 20.8 Å². The minimum atomic E-state index is -1.71. The molecule has 0 aromatic rings. The van der Waals surface area contributed by atoms with Gasteiger partial charge in [-0.25, -0.2) is 0 Å². The van der Waals surface area contributed by atoms with E-state index in [4.69, 9.17) is 14.2 Å². The van der Waals surface area contributed by atoms with Crippen molar-refractivity contribution in [3.8, 4) is 0 Å². The molecule has 0 radical (unpaired) electrons. The molecule has 0 aromatic carbocycles. The van der Waals surface area contributed by atoms with Crippen LogP contribution in [0, 0.1) is 11.8 Å². The first-order valence-electron chi connectivity index (χ1n) is 8.69. The van der Waals surface area contributed by atoms with Gasteiger partial charge >= 0.3 is 0 Å². The highest BCUT2D eigenvalue weighted by atomic mass is 16.7. The van der Waals surface area contributed by atoms with Gasteiger partial charge in [0.25, 0.3) is 0 Å². The van der Waals surface area contributed by atoms with Crippen molar-refractivity contribution in [1.29, 1.82) is 0 Å². The zero-order chi connectivity index (χ0) is 20.0. The van der Waals surface area contributed by atoms with E-state index in [-0.39, 0.29) is 18.4 Å². The van der Waals surface area contributed by atoms with E-state index in [2.05, 4.69) is 0 Å². The summed E-state index contributed by atoms with van der Waals surface area (Å²) in [5.74, 6) is 0.0235. The lowest BCUT2D eigenvalue weighted by Gasteiger charge is -2.42. The van der Waals surface area contributed by atoms with Gasteiger partial charge in [0.15, 0.2) is 12.6 Å². The molecule has 0 bridgehead atoms. The van der Waals surface area contributed by atoms with E-state index in [0.29, 0.717) is 0 Å². The van der Waals surface area contributed by atoms with Gasteiger partial charge < -0.3 is 50.0 Å². The molecule has 1 aliphatic rings. The van der Waals surface area contributed by atoms with Gasteiger partial charge in [0.2, 0.25) is 0 Å². The van der Waals surface area contributed by atoms with Crippen LogP contribution in [0.5, 0.6) is 0 Å². The molecular formula is C16H32O10. The molecule has 1 fully saturated rings. The van der Waals surface area contributed by atoms with E-state index in [1.807, 2.05) is 20.8 Å². The van der Waals surface area contributed by atoms with E-state index in [9.17, 15) is 35.7 Å². The van der Waals surface area contributed by atoms with E-state index < -0.39 is 62.4 Å². The zero-order valence-corrected chi connectivity index (χ0v) is 15.3. The smallest absolute Gasteiger partial charge is 0.186 e. The van der Waals surface area contributed by atoms with Crippen LogP contribution in [0.4, 0.5) is 0 Å². The second kappa shape index (κ2) is 10.8. The molecule has 1 aliphatic heterocycles. The Morgan fingerprint density at radius 3 is 2.04 bits per heavy atom. The molecule has 0 amide bonds. The minimum Gasteiger partial charge on any atom is -0.394 e. The van der Waals surface area contributed by atoms with Crippen LogP contribution in [0.3, 0.4) is 0 Å². The number of hydrogen-bond acceptors (Lipinski definition) is 10. The molecule has 10 heteroatoms. The summed E-state index contributed by atoms with van der Waals surface area (Å²) in [5, 5.41) is 67.6. The fourth-order valence-corrected chi connectivity index (χ4v) is 2.62. The molecule has 1 rings (SSSR count). The van der Waals surface area contributed by atoms with E-state index in [1.54, 1.807) is 0 Å². The fourth-order valence-electron chi connectivity index (χ4n) is 2.62. The molecule has 9 atom stereocenters. The SMILES string of the molecule is CC(C)[C@@H](C)C(CO)OC(OC1C(O)C(O)[C@H](O)O[C@H]1CO)[C@@H](O)CO. The Morgan fingerprint density at radius 2 is 1.58 bits per heavy atom. The maximum absolute atomic E-state index is 10.1. The summed E-state index contributed by atoms with van der Waals surface area (Å²) in [6.45, 7) is 3.95. The van der Waals surface area contributed by atoms with Crippen molar-refractivity contribution in [1.82, 2.24) is 0 Å². The third-order valence-electron chi connectivity index (χ3n) is 4.76. The van der Waals surface area contributed by atoms with Gasteiger partial charge in [0.05, 0.1) is 25.9 Å². The van der Waals surface area contributed by atoms with Gasteiger partial charge in [-0.15, -0.1) is 0 Å². The van der Waals surface area contributed by atoms with Crippen LogP contribution in [0.2, 0.25) is 0 Å². The monoisotopic (exact) mass is 384 g/mol. The quantitative estimate of drug-likeness (QED) is 0.195. The summed E-state index contributed by atoms with van der Waals surface area (Å²) >= 11 is 0. The maximum atomic E-state index is 10.1. The number of ether oxygens (including phenoxy) is 3. The standard InChI is InChI=1S/C16H32O10/c1-7(2)8(3)10(5-18)25-16(9(20)4-17)26-14-11(6-19)24-15(23)13(22)12(14)21/h7-23H,4-6H2,1-3H3/t8-,9+,10?,11+,12?,13?,14?,15-,16?/m1/s1. The van der Waals surface area contributed by atoms with Crippen molar-refractivity contribution in [2.24, 2.45) is 11.8 Å². The molecule has 1 heterocycles. The van der Waals surface area contributed by atoms with Crippen molar-refractivity contribution in [3.05, 3.63) is 0 Å². The van der Waals surface area contributed by atoms with Crippen molar-refractivity contribution < 1.29 is 50.0 Å². The van der Waals surface area contributed by atoms with Crippen LogP contribution < -0.4 is 0 Å². The van der Waals surface area contributed by atoms with Crippen LogP contribution >= 0.6 is 0 Å². The Bertz CT molecular complexity index is 393. The van der Waals surface area contributed by atoms with Gasteiger partial charge in [0, 0.05) is 0 Å². The van der Waals surface area contributed by atoms with Crippen LogP contribution in [-0.4, -0.2) is 105 Å². The first kappa shape index (κ1) is 23.6. The third-order valence-corrected chi connectivity index (χ3v) is 4.76. The van der Waals surface area contributed by atoms with Crippen molar-refractivity contribution in [2.45, 2.75) is 70.0 Å². The van der Waals surface area contributed by atoms with Crippen LogP contribution in [0.15, 0.2) is 0 Å². The van der Waals surface area contributed by atoms with Gasteiger partial charge in [-0.2, -0.15) is 0 Å². The number of hydrogen-bond donors (Lipinski definition) is 7. The van der Waals surface area contributed by atoms with E-state index in [0.717, 1.165) is 0 Å². The highest BCUT2D eigenvalue weighted by Gasteiger charge is 2.46. The van der Waals surface area contributed by atoms with E-state index in [1.165, 1.54) is 0 Å². The largest absolute Gasteiger partial charge is 0.394 e. The lowest BCUT2D eigenvalue weighted by molar-refractivity contribution is -0.334. The van der Waals surface area contributed by atoms with Crippen molar-refractivity contribution in [2.75, 3.05) is 19.8 Å². The zero-order valence-electron chi connectivity index (χ0n) is 15.3. The Morgan fingerprint density at radius 1 is 0.962 bits per heavy atom. The maximum Gasteiger partial charge on any atom is 0.186 e. The number of rotatable bonds is 10. The molecule has 5 unspecified atom stereocenters. The molecule has 7 N–H and O–H groups in total. The van der Waals surface area contributed by atoms with E-state index >= 15 is 0 Å². The highest BCUT2D eigenvalue weighted by Crippen LogP contribution is 2.26. The molecule has 0 aromatic heterocycles. The Labute approximate surface area is 152 Å². The summed E-state index contributed by atoms with van der Waals surface area (Å²) in [7, 11) is 0. The van der Waals surface area contributed by atoms with Crippen molar-refractivity contribution in [3.63, 3.8) is 0 Å². The summed E-state index contributed by atoms with van der Waals surface area (Å²) < 4.78 is 16.1. The molecule has 156 valence electrons. The topological polar surface area (TPSA) is 169 Å².